The number of nitrogens with zero attached hydrogens (tertiary/aromatic N) is 1. The molecule has 102 valence electrons. The fourth-order valence-electron chi connectivity index (χ4n) is 2.08. The number of ketones is 1. The lowest BCUT2D eigenvalue weighted by Gasteiger charge is -2.04. The van der Waals surface area contributed by atoms with Crippen molar-refractivity contribution >= 4 is 75.8 Å². The maximum absolute atomic E-state index is 12.4. The van der Waals surface area contributed by atoms with Gasteiger partial charge in [-0.05, 0) is 62.2 Å². The van der Waals surface area contributed by atoms with Crippen molar-refractivity contribution in [3.63, 3.8) is 0 Å². The van der Waals surface area contributed by atoms with Gasteiger partial charge in [0.2, 0.25) is 0 Å². The third-order valence-electron chi connectivity index (χ3n) is 3.00. The minimum Gasteiger partial charge on any atom is -0.340 e. The van der Waals surface area contributed by atoms with Gasteiger partial charge in [-0.15, -0.1) is 11.3 Å². The Kier molecular flexibility index (Phi) is 4.17. The molecule has 0 unspecified atom stereocenters. The number of hydrogen-bond donors (Lipinski definition) is 0. The Morgan fingerprint density at radius 2 is 1.95 bits per heavy atom. The first-order chi connectivity index (χ1) is 9.54. The van der Waals surface area contributed by atoms with E-state index in [1.165, 1.54) is 11.3 Å². The summed E-state index contributed by atoms with van der Waals surface area (Å²) < 4.78 is 4.84. The Morgan fingerprint density at radius 1 is 1.15 bits per heavy atom. The van der Waals surface area contributed by atoms with E-state index in [4.69, 9.17) is 0 Å². The lowest BCUT2D eigenvalue weighted by Crippen LogP contribution is -2.09. The van der Waals surface area contributed by atoms with E-state index in [-0.39, 0.29) is 5.78 Å². The molecule has 2 nitrogen and oxygen atoms in total. The van der Waals surface area contributed by atoms with E-state index in [0.717, 1.165) is 28.5 Å². The average molecular weight is 478 g/mol. The zero-order valence-corrected chi connectivity index (χ0v) is 15.6. The molecular formula is C14H8Br3NOS. The van der Waals surface area contributed by atoms with Gasteiger partial charge in [0.1, 0.15) is 0 Å². The van der Waals surface area contributed by atoms with Crippen LogP contribution in [0.4, 0.5) is 0 Å². The van der Waals surface area contributed by atoms with Gasteiger partial charge in [0.15, 0.2) is 5.78 Å². The standard InChI is InChI=1S/C14H8Br3NOS/c15-9-1-2-11-8(5-9)3-4-18(11)7-12(19)10-6-13(16)20-14(10)17/h1-6H,7H2. The summed E-state index contributed by atoms with van der Waals surface area (Å²) in [6, 6.07) is 9.93. The zero-order valence-electron chi connectivity index (χ0n) is 10.1. The number of rotatable bonds is 3. The minimum atomic E-state index is 0.0965. The molecule has 0 spiro atoms. The first kappa shape index (κ1) is 14.5. The topological polar surface area (TPSA) is 22.0 Å². The molecule has 20 heavy (non-hydrogen) atoms. The summed E-state index contributed by atoms with van der Waals surface area (Å²) in [7, 11) is 0. The number of halogens is 3. The van der Waals surface area contributed by atoms with Crippen molar-refractivity contribution in [2.24, 2.45) is 0 Å². The maximum atomic E-state index is 12.4. The van der Waals surface area contributed by atoms with Crippen molar-refractivity contribution < 1.29 is 4.79 Å². The molecule has 0 saturated carbocycles. The summed E-state index contributed by atoms with van der Waals surface area (Å²) in [6.45, 7) is 0.340. The van der Waals surface area contributed by atoms with Gasteiger partial charge in [0, 0.05) is 27.1 Å². The highest BCUT2D eigenvalue weighted by molar-refractivity contribution is 9.12. The number of carbonyl (C=O) groups is 1. The quantitative estimate of drug-likeness (QED) is 0.432. The SMILES string of the molecule is O=C(Cn1ccc2cc(Br)ccc21)c1cc(Br)sc1Br. The molecule has 0 saturated heterocycles. The van der Waals surface area contributed by atoms with Crippen LogP contribution in [0.2, 0.25) is 0 Å². The third-order valence-corrected chi connectivity index (χ3v) is 5.84. The summed E-state index contributed by atoms with van der Waals surface area (Å²) in [5.74, 6) is 0.0965. The fourth-order valence-corrected chi connectivity index (χ4v) is 5.31. The second-order valence-electron chi connectivity index (χ2n) is 4.31. The number of carbonyl (C=O) groups excluding carboxylic acids is 1. The van der Waals surface area contributed by atoms with Crippen molar-refractivity contribution in [2.45, 2.75) is 6.54 Å². The largest absolute Gasteiger partial charge is 0.340 e. The Labute approximate surface area is 145 Å². The van der Waals surface area contributed by atoms with Crippen molar-refractivity contribution in [3.05, 3.63) is 54.1 Å². The van der Waals surface area contributed by atoms with Crippen LogP contribution in [0.15, 0.2) is 48.6 Å². The van der Waals surface area contributed by atoms with Gasteiger partial charge in [-0.2, -0.15) is 0 Å². The first-order valence-electron chi connectivity index (χ1n) is 5.77. The molecule has 0 aliphatic carbocycles. The Balaban J connectivity index is 1.93. The van der Waals surface area contributed by atoms with Gasteiger partial charge in [-0.25, -0.2) is 0 Å². The minimum absolute atomic E-state index is 0.0965. The number of fused-ring (bicyclic) bond motifs is 1. The molecule has 0 fully saturated rings. The lowest BCUT2D eigenvalue weighted by molar-refractivity contribution is 0.0973. The third kappa shape index (κ3) is 2.79. The van der Waals surface area contributed by atoms with Crippen LogP contribution in [-0.4, -0.2) is 10.4 Å². The Hall–Kier alpha value is -0.430. The Bertz CT molecular complexity index is 806. The molecule has 0 aliphatic heterocycles. The van der Waals surface area contributed by atoms with Crippen LogP contribution < -0.4 is 0 Å². The van der Waals surface area contributed by atoms with Gasteiger partial charge < -0.3 is 4.57 Å². The van der Waals surface area contributed by atoms with Crippen LogP contribution in [0.3, 0.4) is 0 Å². The number of Topliss-reactive ketones (excluding diaryl/α,β-unsaturated/α-hetero) is 1. The highest BCUT2D eigenvalue weighted by atomic mass is 79.9. The van der Waals surface area contributed by atoms with Gasteiger partial charge >= 0.3 is 0 Å². The summed E-state index contributed by atoms with van der Waals surface area (Å²) in [5.41, 5.74) is 1.79. The molecule has 2 aromatic heterocycles. The second-order valence-corrected chi connectivity index (χ2v) is 8.97. The van der Waals surface area contributed by atoms with Crippen LogP contribution in [0, 0.1) is 0 Å². The molecule has 0 aliphatic rings. The van der Waals surface area contributed by atoms with Crippen LogP contribution in [0.25, 0.3) is 10.9 Å². The van der Waals surface area contributed by atoms with E-state index in [2.05, 4.69) is 47.8 Å². The lowest BCUT2D eigenvalue weighted by atomic mass is 10.2. The first-order valence-corrected chi connectivity index (χ1v) is 8.96. The van der Waals surface area contributed by atoms with Gasteiger partial charge in [-0.1, -0.05) is 15.9 Å². The zero-order chi connectivity index (χ0) is 14.3. The number of thiophene rings is 1. The molecule has 1 aromatic carbocycles. The smallest absolute Gasteiger partial charge is 0.184 e. The van der Waals surface area contributed by atoms with E-state index in [1.54, 1.807) is 0 Å². The molecule has 6 heteroatoms. The molecular weight excluding hydrogens is 470 g/mol. The van der Waals surface area contributed by atoms with Gasteiger partial charge in [-0.3, -0.25) is 4.79 Å². The number of benzene rings is 1. The van der Waals surface area contributed by atoms with Crippen molar-refractivity contribution in [2.75, 3.05) is 0 Å². The van der Waals surface area contributed by atoms with E-state index >= 15 is 0 Å². The normalized spacial score (nSPS) is 11.2. The summed E-state index contributed by atoms with van der Waals surface area (Å²) in [4.78, 5) is 12.4. The summed E-state index contributed by atoms with van der Waals surface area (Å²) in [6.07, 6.45) is 1.95. The van der Waals surface area contributed by atoms with Crippen LogP contribution in [0.5, 0.6) is 0 Å². The maximum Gasteiger partial charge on any atom is 0.184 e. The highest BCUT2D eigenvalue weighted by Gasteiger charge is 2.15. The molecule has 0 radical (unpaired) electrons. The predicted octanol–water partition coefficient (Wildman–Crippen LogP) is 5.87. The van der Waals surface area contributed by atoms with E-state index in [9.17, 15) is 4.79 Å². The molecule has 0 amide bonds. The molecule has 3 aromatic rings. The molecule has 0 bridgehead atoms. The monoisotopic (exact) mass is 475 g/mol. The fraction of sp³-hybridized carbons (Fsp3) is 0.0714. The second kappa shape index (κ2) is 5.75. The van der Waals surface area contributed by atoms with Crippen molar-refractivity contribution in [1.29, 1.82) is 0 Å². The van der Waals surface area contributed by atoms with E-state index in [1.807, 2.05) is 41.1 Å². The van der Waals surface area contributed by atoms with Gasteiger partial charge in [0.05, 0.1) is 14.1 Å². The molecule has 0 N–H and O–H groups in total. The molecule has 2 heterocycles. The van der Waals surface area contributed by atoms with Crippen molar-refractivity contribution in [3.8, 4) is 0 Å². The predicted molar refractivity (Wildman–Crippen MR) is 93.7 cm³/mol. The van der Waals surface area contributed by atoms with E-state index < -0.39 is 0 Å². The summed E-state index contributed by atoms with van der Waals surface area (Å²) >= 11 is 11.8. The summed E-state index contributed by atoms with van der Waals surface area (Å²) in [5, 5.41) is 1.12. The van der Waals surface area contributed by atoms with Gasteiger partial charge in [0.25, 0.3) is 0 Å². The van der Waals surface area contributed by atoms with Crippen LogP contribution in [-0.2, 0) is 6.54 Å². The Morgan fingerprint density at radius 3 is 2.65 bits per heavy atom. The van der Waals surface area contributed by atoms with Crippen LogP contribution in [0.1, 0.15) is 10.4 Å². The highest BCUT2D eigenvalue weighted by Crippen LogP contribution is 2.32. The molecule has 0 atom stereocenters. The number of hydrogen-bond acceptors (Lipinski definition) is 2. The number of aromatic nitrogens is 1. The average Bonchev–Trinajstić information content (AvgIpc) is 2.93. The van der Waals surface area contributed by atoms with Crippen molar-refractivity contribution in [1.82, 2.24) is 4.57 Å². The van der Waals surface area contributed by atoms with E-state index in [0.29, 0.717) is 6.54 Å². The van der Waals surface area contributed by atoms with Crippen LogP contribution >= 0.6 is 59.1 Å². The molecule has 3 rings (SSSR count).